The zero-order chi connectivity index (χ0) is 32.6. The van der Waals surface area contributed by atoms with Crippen molar-refractivity contribution in [3.05, 3.63) is 34.4 Å². The summed E-state index contributed by atoms with van der Waals surface area (Å²) < 4.78 is 59.3. The second kappa shape index (κ2) is 11.3. The number of ether oxygens (including phenoxy) is 2. The van der Waals surface area contributed by atoms with Gasteiger partial charge >= 0.3 is 6.01 Å². The number of nitrogen functional groups attached to an aromatic ring is 1. The predicted molar refractivity (Wildman–Crippen MR) is 173 cm³/mol. The van der Waals surface area contributed by atoms with Crippen molar-refractivity contribution in [2.75, 3.05) is 43.5 Å². The molecule has 2 aromatic carbocycles. The Morgan fingerprint density at radius 2 is 2.02 bits per heavy atom. The fraction of sp³-hybridized carbons (Fsp3) is 0.455. The molecule has 4 aliphatic rings. The summed E-state index contributed by atoms with van der Waals surface area (Å²) >= 11 is 7.93. The van der Waals surface area contributed by atoms with Gasteiger partial charge in [0.25, 0.3) is 0 Å². The molecule has 4 aliphatic heterocycles. The Morgan fingerprint density at radius 1 is 1.17 bits per heavy atom. The van der Waals surface area contributed by atoms with E-state index in [1.807, 2.05) is 11.0 Å². The maximum atomic E-state index is 17.1. The Bertz CT molecular complexity index is 2050. The van der Waals surface area contributed by atoms with Gasteiger partial charge in [-0.3, -0.25) is 4.90 Å². The van der Waals surface area contributed by atoms with Crippen molar-refractivity contribution in [2.24, 2.45) is 5.92 Å². The quantitative estimate of drug-likeness (QED) is 0.250. The maximum Gasteiger partial charge on any atom is 0.319 e. The Labute approximate surface area is 277 Å². The monoisotopic (exact) mass is 679 g/mol. The van der Waals surface area contributed by atoms with Crippen molar-refractivity contribution in [3.8, 4) is 35.0 Å². The van der Waals surface area contributed by atoms with Gasteiger partial charge in [-0.25, -0.2) is 13.2 Å². The Kier molecular flexibility index (Phi) is 7.28. The van der Waals surface area contributed by atoms with Gasteiger partial charge in [0.05, 0.1) is 38.3 Å². The largest absolute Gasteiger partial charge is 0.489 e. The fourth-order valence-electron chi connectivity index (χ4n) is 7.97. The molecular weight excluding hydrogens is 651 g/mol. The molecule has 0 saturated carbocycles. The topological polar surface area (TPSA) is 124 Å². The van der Waals surface area contributed by atoms with Crippen molar-refractivity contribution in [1.82, 2.24) is 14.9 Å². The van der Waals surface area contributed by atoms with Gasteiger partial charge in [0.1, 0.15) is 47.6 Å². The second-order valence-corrected chi connectivity index (χ2v) is 14.3. The molecule has 0 spiro atoms. The highest BCUT2D eigenvalue weighted by atomic mass is 35.5. The number of fused-ring (bicyclic) bond motifs is 4. The van der Waals surface area contributed by atoms with Crippen molar-refractivity contribution in [3.63, 3.8) is 0 Å². The summed E-state index contributed by atoms with van der Waals surface area (Å²) in [6.07, 6.45) is 2.97. The number of nitrogens with zero attached hydrogens (tertiary/aromatic N) is 6. The third-order valence-corrected chi connectivity index (χ3v) is 11.6. The molecule has 0 radical (unpaired) electrons. The molecule has 242 valence electrons. The summed E-state index contributed by atoms with van der Waals surface area (Å²) in [6, 6.07) is 6.70. The van der Waals surface area contributed by atoms with E-state index in [0.29, 0.717) is 44.6 Å². The zero-order valence-corrected chi connectivity index (χ0v) is 26.7. The highest BCUT2D eigenvalue weighted by Crippen LogP contribution is 2.51. The number of halogens is 4. The number of thiophene rings is 1. The van der Waals surface area contributed by atoms with Gasteiger partial charge in [-0.05, 0) is 50.3 Å². The minimum atomic E-state index is -0.953. The van der Waals surface area contributed by atoms with E-state index in [0.717, 1.165) is 30.7 Å². The average molecular weight is 680 g/mol. The molecule has 14 heteroatoms. The van der Waals surface area contributed by atoms with Gasteiger partial charge in [0.2, 0.25) is 0 Å². The lowest BCUT2D eigenvalue weighted by Crippen LogP contribution is -2.43. The molecule has 4 atom stereocenters. The first kappa shape index (κ1) is 30.3. The Morgan fingerprint density at radius 3 is 2.83 bits per heavy atom. The van der Waals surface area contributed by atoms with Crippen LogP contribution in [0.4, 0.5) is 24.0 Å². The van der Waals surface area contributed by atoms with Gasteiger partial charge in [0.15, 0.2) is 11.6 Å². The lowest BCUT2D eigenvalue weighted by atomic mass is 9.95. The van der Waals surface area contributed by atoms with Crippen LogP contribution < -0.4 is 20.1 Å². The molecule has 9 nitrogen and oxygen atoms in total. The summed E-state index contributed by atoms with van der Waals surface area (Å²) in [5, 5.41) is 20.0. The number of hydrogen-bond donors (Lipinski definition) is 1. The molecule has 2 unspecified atom stereocenters. The van der Waals surface area contributed by atoms with Crippen molar-refractivity contribution < 1.29 is 22.6 Å². The van der Waals surface area contributed by atoms with E-state index in [1.54, 1.807) is 0 Å². The van der Waals surface area contributed by atoms with Crippen LogP contribution in [0.25, 0.3) is 32.1 Å². The predicted octanol–water partition coefficient (Wildman–Crippen LogP) is 6.74. The number of hydrogen-bond acceptors (Lipinski definition) is 10. The van der Waals surface area contributed by atoms with Gasteiger partial charge in [-0.15, -0.1) is 11.3 Å². The number of anilines is 2. The number of nitriles is 2. The van der Waals surface area contributed by atoms with Crippen LogP contribution in [0.2, 0.25) is 5.02 Å². The second-order valence-electron chi connectivity index (χ2n) is 12.9. The first-order chi connectivity index (χ1) is 22.7. The van der Waals surface area contributed by atoms with E-state index >= 15 is 4.39 Å². The number of rotatable bonds is 4. The molecule has 3 fully saturated rings. The molecular formula is C33H29ClF3N7O2S. The third kappa shape index (κ3) is 4.66. The van der Waals surface area contributed by atoms with Crippen molar-refractivity contribution >= 4 is 54.7 Å². The van der Waals surface area contributed by atoms with Crippen LogP contribution >= 0.6 is 22.9 Å². The molecule has 47 heavy (non-hydrogen) atoms. The van der Waals surface area contributed by atoms with Gasteiger partial charge < -0.3 is 20.1 Å². The van der Waals surface area contributed by atoms with Gasteiger partial charge in [-0.2, -0.15) is 20.5 Å². The van der Waals surface area contributed by atoms with Crippen molar-refractivity contribution in [2.45, 2.75) is 56.3 Å². The number of nitrogens with two attached hydrogens (primary N) is 1. The molecule has 8 rings (SSSR count). The van der Waals surface area contributed by atoms with Crippen molar-refractivity contribution in [1.29, 1.82) is 10.5 Å². The summed E-state index contributed by atoms with van der Waals surface area (Å²) in [7, 11) is 0. The normalized spacial score (nSPS) is 25.5. The molecule has 4 aromatic rings. The molecule has 2 N–H and O–H groups in total. The Balaban J connectivity index is 1.34. The number of benzene rings is 2. The van der Waals surface area contributed by atoms with E-state index in [9.17, 15) is 19.3 Å². The standard InChI is InChI=1S/C33H29ClF3N7O2S/c34-25-23(19-4-5-21(36)29-22(19)20(12-39)30(40)47-29)26(37)27-24-28(25)45-14-18-3-2-16(11-38)6-9-44(18)31(24)42-32(41-27)46-15-33-7-1-8-43(33)13-17(35)10-33/h4-5,16-18H,1-3,6-10,13-15,40H2/t16?,17-,18?,33+/m1/s1. The number of aromatic nitrogens is 2. The lowest BCUT2D eigenvalue weighted by molar-refractivity contribution is 0.107. The Hall–Kier alpha value is -4.04. The molecule has 3 saturated heterocycles. The highest BCUT2D eigenvalue weighted by Gasteiger charge is 2.49. The SMILES string of the molecule is N#Cc1c(N)sc2c(F)ccc(-c3c(Cl)c4c5c(nc(OC[C@@]67CCCN6C[C@H](F)C7)nc5c3F)N3CCC(C#N)CCC3CO4)c12. The van der Waals surface area contributed by atoms with Crippen LogP contribution in [-0.4, -0.2) is 65.5 Å². The van der Waals surface area contributed by atoms with E-state index in [2.05, 4.69) is 16.0 Å². The van der Waals surface area contributed by atoms with Crippen LogP contribution in [0.1, 0.15) is 44.1 Å². The molecule has 0 bridgehead atoms. The first-order valence-electron chi connectivity index (χ1n) is 15.7. The summed E-state index contributed by atoms with van der Waals surface area (Å²) in [5.74, 6) is -1.01. The highest BCUT2D eigenvalue weighted by molar-refractivity contribution is 7.23. The molecule has 6 heterocycles. The van der Waals surface area contributed by atoms with E-state index in [4.69, 9.17) is 31.8 Å². The van der Waals surface area contributed by atoms with Crippen LogP contribution in [0.15, 0.2) is 12.1 Å². The summed E-state index contributed by atoms with van der Waals surface area (Å²) in [4.78, 5) is 13.5. The zero-order valence-electron chi connectivity index (χ0n) is 25.2. The number of alkyl halides is 1. The minimum absolute atomic E-state index is 0.0257. The molecule has 0 amide bonds. The third-order valence-electron chi connectivity index (χ3n) is 10.3. The first-order valence-corrected chi connectivity index (χ1v) is 16.9. The van der Waals surface area contributed by atoms with E-state index < -0.39 is 23.3 Å². The molecule has 0 aliphatic carbocycles. The van der Waals surface area contributed by atoms with Gasteiger partial charge in [0, 0.05) is 36.4 Å². The van der Waals surface area contributed by atoms with Crippen LogP contribution in [0.5, 0.6) is 11.8 Å². The van der Waals surface area contributed by atoms with Crippen LogP contribution in [-0.2, 0) is 0 Å². The van der Waals surface area contributed by atoms with Crippen LogP contribution in [0, 0.1) is 40.2 Å². The smallest absolute Gasteiger partial charge is 0.319 e. The fourth-order valence-corrected chi connectivity index (χ4v) is 9.25. The average Bonchev–Trinajstić information content (AvgIpc) is 3.60. The van der Waals surface area contributed by atoms with Gasteiger partial charge in [-0.1, -0.05) is 17.7 Å². The van der Waals surface area contributed by atoms with Crippen LogP contribution in [0.3, 0.4) is 0 Å². The molecule has 2 aromatic heterocycles. The maximum absolute atomic E-state index is 17.1. The summed E-state index contributed by atoms with van der Waals surface area (Å²) in [6.45, 7) is 1.93. The lowest BCUT2D eigenvalue weighted by Gasteiger charge is -2.31. The van der Waals surface area contributed by atoms with E-state index in [1.165, 1.54) is 12.1 Å². The summed E-state index contributed by atoms with van der Waals surface area (Å²) in [5.41, 5.74) is 5.58. The van der Waals surface area contributed by atoms with E-state index in [-0.39, 0.29) is 84.6 Å². The minimum Gasteiger partial charge on any atom is -0.489 e.